The fourth-order valence-electron chi connectivity index (χ4n) is 3.36. The molecule has 1 amide bonds. The van der Waals surface area contributed by atoms with Crippen LogP contribution < -0.4 is 5.32 Å². The summed E-state index contributed by atoms with van der Waals surface area (Å²) in [6, 6.07) is -1.13. The molecule has 2 aliphatic rings. The summed E-state index contributed by atoms with van der Waals surface area (Å²) in [7, 11) is 0. The number of allylic oxidation sites excluding steroid dienone is 1. The molecule has 0 aliphatic carbocycles. The summed E-state index contributed by atoms with van der Waals surface area (Å²) in [6.07, 6.45) is 3.66. The number of rotatable bonds is 3. The maximum atomic E-state index is 11.3. The van der Waals surface area contributed by atoms with Gasteiger partial charge in [-0.05, 0) is 19.3 Å². The molecule has 0 spiro atoms. The van der Waals surface area contributed by atoms with Gasteiger partial charge in [-0.25, -0.2) is 0 Å². The second-order valence-electron chi connectivity index (χ2n) is 5.26. The number of carbonyl (C=O) groups excluding carboxylic acids is 1. The van der Waals surface area contributed by atoms with Gasteiger partial charge in [-0.1, -0.05) is 12.2 Å². The molecule has 2 saturated heterocycles. The van der Waals surface area contributed by atoms with Crippen molar-refractivity contribution in [2.45, 2.75) is 44.5 Å². The number of aliphatic carboxylic acids is 1. The molecule has 2 rings (SSSR count). The van der Waals surface area contributed by atoms with E-state index < -0.39 is 24.2 Å². The number of aliphatic hydroxyl groups excluding tert-OH is 1. The molecular formula is C13H20N2O4. The zero-order valence-corrected chi connectivity index (χ0v) is 11.1. The van der Waals surface area contributed by atoms with Crippen LogP contribution in [0.15, 0.2) is 12.2 Å². The van der Waals surface area contributed by atoms with Crippen LogP contribution in [0.5, 0.6) is 0 Å². The van der Waals surface area contributed by atoms with E-state index in [4.69, 9.17) is 0 Å². The van der Waals surface area contributed by atoms with E-state index in [1.54, 1.807) is 4.90 Å². The molecule has 0 bridgehead atoms. The summed E-state index contributed by atoms with van der Waals surface area (Å²) >= 11 is 0. The first-order chi connectivity index (χ1) is 8.95. The number of nitrogens with zero attached hydrogens (tertiary/aromatic N) is 1. The minimum atomic E-state index is -0.868. The highest BCUT2D eigenvalue weighted by Gasteiger charge is 2.54. The lowest BCUT2D eigenvalue weighted by atomic mass is 9.92. The Labute approximate surface area is 112 Å². The van der Waals surface area contributed by atoms with Gasteiger partial charge in [-0.15, -0.1) is 0 Å². The quantitative estimate of drug-likeness (QED) is 0.605. The third kappa shape index (κ3) is 2.50. The predicted octanol–water partition coefficient (Wildman–Crippen LogP) is -0.415. The zero-order valence-electron chi connectivity index (χ0n) is 11.1. The summed E-state index contributed by atoms with van der Waals surface area (Å²) in [5.74, 6) is -1.03. The minimum Gasteiger partial charge on any atom is -0.480 e. The van der Waals surface area contributed by atoms with Crippen molar-refractivity contribution in [2.24, 2.45) is 5.92 Å². The number of carbonyl (C=O) groups is 2. The van der Waals surface area contributed by atoms with Crippen molar-refractivity contribution in [2.75, 3.05) is 6.54 Å². The minimum absolute atomic E-state index is 0.0418. The number of hydrogen-bond donors (Lipinski definition) is 3. The molecule has 0 unspecified atom stereocenters. The molecule has 2 heterocycles. The van der Waals surface area contributed by atoms with Gasteiger partial charge in [0.15, 0.2) is 0 Å². The van der Waals surface area contributed by atoms with Gasteiger partial charge in [0, 0.05) is 19.5 Å². The van der Waals surface area contributed by atoms with Crippen molar-refractivity contribution in [1.29, 1.82) is 0 Å². The zero-order chi connectivity index (χ0) is 14.2. The first-order valence-electron chi connectivity index (χ1n) is 6.52. The van der Waals surface area contributed by atoms with E-state index in [1.807, 2.05) is 19.1 Å². The van der Waals surface area contributed by atoms with Gasteiger partial charge in [0.1, 0.15) is 6.04 Å². The van der Waals surface area contributed by atoms with E-state index in [2.05, 4.69) is 5.32 Å². The van der Waals surface area contributed by atoms with Crippen LogP contribution in [0.1, 0.15) is 20.3 Å². The second-order valence-corrected chi connectivity index (χ2v) is 5.26. The van der Waals surface area contributed by atoms with Crippen LogP contribution in [0, 0.1) is 5.92 Å². The summed E-state index contributed by atoms with van der Waals surface area (Å²) in [6.45, 7) is 3.58. The van der Waals surface area contributed by atoms with Crippen LogP contribution in [-0.4, -0.2) is 57.8 Å². The van der Waals surface area contributed by atoms with Crippen molar-refractivity contribution in [3.63, 3.8) is 0 Å². The number of aliphatic hydroxyl groups is 1. The third-order valence-corrected chi connectivity index (χ3v) is 3.99. The largest absolute Gasteiger partial charge is 0.480 e. The fraction of sp³-hybridized carbons (Fsp3) is 0.692. The van der Waals surface area contributed by atoms with E-state index in [9.17, 15) is 19.8 Å². The number of hydrogen-bond acceptors (Lipinski definition) is 4. The van der Waals surface area contributed by atoms with Gasteiger partial charge in [0.05, 0.1) is 12.1 Å². The highest BCUT2D eigenvalue weighted by atomic mass is 16.4. The van der Waals surface area contributed by atoms with Gasteiger partial charge < -0.3 is 15.5 Å². The molecule has 0 radical (unpaired) electrons. The monoisotopic (exact) mass is 268 g/mol. The van der Waals surface area contributed by atoms with E-state index in [0.717, 1.165) is 0 Å². The normalized spacial score (nSPS) is 38.6. The van der Waals surface area contributed by atoms with Gasteiger partial charge in [-0.3, -0.25) is 14.5 Å². The molecule has 0 aromatic heterocycles. The Morgan fingerprint density at radius 3 is 2.63 bits per heavy atom. The highest BCUT2D eigenvalue weighted by Crippen LogP contribution is 2.38. The van der Waals surface area contributed by atoms with Crippen LogP contribution in [0.4, 0.5) is 0 Å². The molecule has 3 N–H and O–H groups in total. The van der Waals surface area contributed by atoms with Crippen molar-refractivity contribution in [3.05, 3.63) is 12.2 Å². The van der Waals surface area contributed by atoms with E-state index in [-0.39, 0.29) is 17.9 Å². The van der Waals surface area contributed by atoms with Crippen molar-refractivity contribution < 1.29 is 19.8 Å². The van der Waals surface area contributed by atoms with Crippen LogP contribution in [-0.2, 0) is 9.59 Å². The number of nitrogens with one attached hydrogen (secondary N) is 1. The summed E-state index contributed by atoms with van der Waals surface area (Å²) < 4.78 is 0. The first-order valence-corrected chi connectivity index (χ1v) is 6.52. The molecule has 0 aromatic carbocycles. The lowest BCUT2D eigenvalue weighted by Crippen LogP contribution is -2.49. The molecule has 2 fully saturated rings. The molecule has 5 atom stereocenters. The second kappa shape index (κ2) is 5.30. The molecule has 106 valence electrons. The Morgan fingerprint density at radius 1 is 1.42 bits per heavy atom. The Morgan fingerprint density at radius 2 is 2.11 bits per heavy atom. The first kappa shape index (κ1) is 14.0. The van der Waals surface area contributed by atoms with Gasteiger partial charge in [0.2, 0.25) is 5.91 Å². The lowest BCUT2D eigenvalue weighted by molar-refractivity contribution is -0.142. The standard InChI is InChI=1S/C13H20N2O4/c1-3-4-8-5-9(13(18)19)15-6-10(17)11(12(8)15)14-7(2)16/h3-4,8-12,17H,5-6H2,1-2H3,(H,14,16)(H,18,19)/b4-3-/t8-,9-,10+,11+,12-/m1/s1. The smallest absolute Gasteiger partial charge is 0.320 e. The predicted molar refractivity (Wildman–Crippen MR) is 68.5 cm³/mol. The van der Waals surface area contributed by atoms with Crippen molar-refractivity contribution in [3.8, 4) is 0 Å². The average Bonchev–Trinajstić information content (AvgIpc) is 2.79. The molecule has 0 aromatic rings. The molecule has 6 nitrogen and oxygen atoms in total. The van der Waals surface area contributed by atoms with Gasteiger partial charge in [0.25, 0.3) is 0 Å². The van der Waals surface area contributed by atoms with Crippen LogP contribution in [0.2, 0.25) is 0 Å². The van der Waals surface area contributed by atoms with Crippen molar-refractivity contribution >= 4 is 11.9 Å². The SMILES string of the molecule is C/C=C\[C@@H]1C[C@H](C(=O)O)N2C[C@H](O)[C@H](NC(C)=O)[C@@H]12. The Hall–Kier alpha value is -1.40. The number of carboxylic acids is 1. The molecule has 2 aliphatic heterocycles. The summed E-state index contributed by atoms with van der Waals surface area (Å²) in [5.41, 5.74) is 0. The summed E-state index contributed by atoms with van der Waals surface area (Å²) in [4.78, 5) is 24.3. The van der Waals surface area contributed by atoms with Crippen LogP contribution in [0.3, 0.4) is 0 Å². The maximum absolute atomic E-state index is 11.3. The Bertz CT molecular complexity index is 407. The van der Waals surface area contributed by atoms with Crippen molar-refractivity contribution in [1.82, 2.24) is 10.2 Å². The topological polar surface area (TPSA) is 89.9 Å². The lowest BCUT2D eigenvalue weighted by Gasteiger charge is -2.26. The van der Waals surface area contributed by atoms with Crippen LogP contribution in [0.25, 0.3) is 0 Å². The number of carboxylic acid groups (broad SMARTS) is 1. The third-order valence-electron chi connectivity index (χ3n) is 3.99. The van der Waals surface area contributed by atoms with Gasteiger partial charge in [-0.2, -0.15) is 0 Å². The molecule has 6 heteroatoms. The van der Waals surface area contributed by atoms with Gasteiger partial charge >= 0.3 is 5.97 Å². The number of amides is 1. The van der Waals surface area contributed by atoms with E-state index in [1.165, 1.54) is 6.92 Å². The number of fused-ring (bicyclic) bond motifs is 1. The highest BCUT2D eigenvalue weighted by molar-refractivity contribution is 5.75. The van der Waals surface area contributed by atoms with E-state index in [0.29, 0.717) is 13.0 Å². The average molecular weight is 268 g/mol. The van der Waals surface area contributed by atoms with Crippen LogP contribution >= 0.6 is 0 Å². The molecular weight excluding hydrogens is 248 g/mol. The summed E-state index contributed by atoms with van der Waals surface area (Å²) in [5, 5.41) is 22.1. The fourth-order valence-corrected chi connectivity index (χ4v) is 3.36. The molecule has 19 heavy (non-hydrogen) atoms. The molecule has 0 saturated carbocycles. The Balaban J connectivity index is 2.26. The maximum Gasteiger partial charge on any atom is 0.320 e. The Kier molecular flexibility index (Phi) is 3.91. The van der Waals surface area contributed by atoms with E-state index >= 15 is 0 Å².